The zero-order chi connectivity index (χ0) is 12.0. The van der Waals surface area contributed by atoms with E-state index in [4.69, 9.17) is 0 Å². The molecule has 1 heterocycles. The lowest BCUT2D eigenvalue weighted by Gasteiger charge is -2.23. The van der Waals surface area contributed by atoms with Crippen LogP contribution in [0.1, 0.15) is 12.6 Å². The van der Waals surface area contributed by atoms with Crippen LogP contribution in [0.3, 0.4) is 0 Å². The van der Waals surface area contributed by atoms with Gasteiger partial charge in [0, 0.05) is 25.4 Å². The molecule has 0 aliphatic rings. The molecule has 1 atom stereocenters. The Morgan fingerprint density at radius 2 is 2.19 bits per heavy atom. The molecule has 0 aliphatic heterocycles. The molecule has 0 aliphatic carbocycles. The molecule has 0 radical (unpaired) electrons. The van der Waals surface area contributed by atoms with Crippen molar-refractivity contribution in [1.82, 2.24) is 14.9 Å². The smallest absolute Gasteiger partial charge is 0.144 e. The monoisotopic (exact) mass is 240 g/mol. The SMILES string of the molecule is CNc1cnc(CN(C)C(C)CSC)cn1. The van der Waals surface area contributed by atoms with Gasteiger partial charge in [0.1, 0.15) is 5.82 Å². The number of hydrogen-bond acceptors (Lipinski definition) is 5. The van der Waals surface area contributed by atoms with Crippen LogP contribution in [-0.2, 0) is 6.54 Å². The van der Waals surface area contributed by atoms with Crippen LogP contribution in [0.5, 0.6) is 0 Å². The van der Waals surface area contributed by atoms with Gasteiger partial charge in [0.2, 0.25) is 0 Å². The third-order valence-corrected chi connectivity index (χ3v) is 3.35. The van der Waals surface area contributed by atoms with Gasteiger partial charge in [-0.05, 0) is 20.2 Å². The lowest BCUT2D eigenvalue weighted by Crippen LogP contribution is -2.30. The normalized spacial score (nSPS) is 12.8. The number of anilines is 1. The summed E-state index contributed by atoms with van der Waals surface area (Å²) in [6.07, 6.45) is 5.72. The van der Waals surface area contributed by atoms with Gasteiger partial charge in [-0.15, -0.1) is 0 Å². The Hall–Kier alpha value is -0.810. The minimum absolute atomic E-state index is 0.556. The molecule has 1 N–H and O–H groups in total. The second-order valence-corrected chi connectivity index (χ2v) is 4.77. The van der Waals surface area contributed by atoms with Crippen LogP contribution >= 0.6 is 11.8 Å². The maximum atomic E-state index is 4.36. The van der Waals surface area contributed by atoms with Crippen molar-refractivity contribution in [1.29, 1.82) is 0 Å². The summed E-state index contributed by atoms with van der Waals surface area (Å²) in [6.45, 7) is 3.07. The first kappa shape index (κ1) is 13.3. The third-order valence-electron chi connectivity index (χ3n) is 2.53. The molecule has 0 saturated heterocycles. The van der Waals surface area contributed by atoms with Crippen LogP contribution in [0, 0.1) is 0 Å². The zero-order valence-corrected chi connectivity index (χ0v) is 11.2. The summed E-state index contributed by atoms with van der Waals surface area (Å²) >= 11 is 1.87. The Balaban J connectivity index is 2.52. The van der Waals surface area contributed by atoms with Crippen molar-refractivity contribution in [2.45, 2.75) is 19.5 Å². The van der Waals surface area contributed by atoms with Crippen molar-refractivity contribution in [3.05, 3.63) is 18.1 Å². The van der Waals surface area contributed by atoms with E-state index in [9.17, 15) is 0 Å². The van der Waals surface area contributed by atoms with E-state index in [0.717, 1.165) is 23.8 Å². The highest BCUT2D eigenvalue weighted by molar-refractivity contribution is 7.98. The molecule has 0 aromatic carbocycles. The molecule has 1 unspecified atom stereocenters. The van der Waals surface area contributed by atoms with Gasteiger partial charge in [-0.1, -0.05) is 0 Å². The lowest BCUT2D eigenvalue weighted by atomic mass is 10.3. The second-order valence-electron chi connectivity index (χ2n) is 3.86. The average molecular weight is 240 g/mol. The van der Waals surface area contributed by atoms with Gasteiger partial charge in [0.15, 0.2) is 0 Å². The standard InChI is InChI=1S/C11H20N4S/c1-9(8-16-4)15(3)7-10-5-14-11(12-2)6-13-10/h5-6,9H,7-8H2,1-4H3,(H,12,14). The Bertz CT molecular complexity index is 301. The van der Waals surface area contributed by atoms with Crippen LogP contribution in [0.2, 0.25) is 0 Å². The number of hydrogen-bond donors (Lipinski definition) is 1. The molecular weight excluding hydrogens is 220 g/mol. The fraction of sp³-hybridized carbons (Fsp3) is 0.636. The fourth-order valence-corrected chi connectivity index (χ4v) is 2.08. The van der Waals surface area contributed by atoms with E-state index >= 15 is 0 Å². The number of nitrogens with zero attached hydrogens (tertiary/aromatic N) is 3. The number of aromatic nitrogens is 2. The molecule has 1 aromatic rings. The van der Waals surface area contributed by atoms with E-state index in [1.54, 1.807) is 6.20 Å². The molecular formula is C11H20N4S. The van der Waals surface area contributed by atoms with Crippen LogP contribution < -0.4 is 5.32 Å². The first-order chi connectivity index (χ1) is 7.67. The van der Waals surface area contributed by atoms with Crippen molar-refractivity contribution in [2.75, 3.05) is 31.4 Å². The van der Waals surface area contributed by atoms with Crippen molar-refractivity contribution in [3.8, 4) is 0 Å². The summed E-state index contributed by atoms with van der Waals surface area (Å²) in [4.78, 5) is 10.9. The Labute approximate surface area is 102 Å². The molecule has 0 bridgehead atoms. The highest BCUT2D eigenvalue weighted by Gasteiger charge is 2.09. The number of thioether (sulfide) groups is 1. The van der Waals surface area contributed by atoms with Gasteiger partial charge in [-0.3, -0.25) is 9.88 Å². The summed E-state index contributed by atoms with van der Waals surface area (Å²) in [5, 5.41) is 2.96. The highest BCUT2D eigenvalue weighted by Crippen LogP contribution is 2.08. The molecule has 1 rings (SSSR count). The maximum absolute atomic E-state index is 4.36. The fourth-order valence-electron chi connectivity index (χ4n) is 1.35. The van der Waals surface area contributed by atoms with Crippen molar-refractivity contribution in [2.24, 2.45) is 0 Å². The third kappa shape index (κ3) is 3.98. The quantitative estimate of drug-likeness (QED) is 0.819. The molecule has 5 heteroatoms. The second kappa shape index (κ2) is 6.70. The summed E-state index contributed by atoms with van der Waals surface area (Å²) < 4.78 is 0. The van der Waals surface area contributed by atoms with Gasteiger partial charge in [-0.25, -0.2) is 4.98 Å². The van der Waals surface area contributed by atoms with Gasteiger partial charge < -0.3 is 5.32 Å². The molecule has 0 spiro atoms. The molecule has 0 fully saturated rings. The van der Waals surface area contributed by atoms with E-state index in [2.05, 4.69) is 40.4 Å². The molecule has 16 heavy (non-hydrogen) atoms. The van der Waals surface area contributed by atoms with Gasteiger partial charge >= 0.3 is 0 Å². The van der Waals surface area contributed by atoms with Crippen LogP contribution in [0.15, 0.2) is 12.4 Å². The van der Waals surface area contributed by atoms with E-state index in [-0.39, 0.29) is 0 Å². The Morgan fingerprint density at radius 1 is 1.44 bits per heavy atom. The van der Waals surface area contributed by atoms with Gasteiger partial charge in [-0.2, -0.15) is 11.8 Å². The van der Waals surface area contributed by atoms with Crippen molar-refractivity contribution < 1.29 is 0 Å². The van der Waals surface area contributed by atoms with Crippen LogP contribution in [0.25, 0.3) is 0 Å². The predicted molar refractivity (Wildman–Crippen MR) is 70.9 cm³/mol. The average Bonchev–Trinajstić information content (AvgIpc) is 2.30. The first-order valence-electron chi connectivity index (χ1n) is 5.35. The van der Waals surface area contributed by atoms with Gasteiger partial charge in [0.05, 0.1) is 18.1 Å². The van der Waals surface area contributed by atoms with E-state index in [0.29, 0.717) is 6.04 Å². The molecule has 0 amide bonds. The summed E-state index contributed by atoms with van der Waals surface area (Å²) in [6, 6.07) is 0.556. The Kier molecular flexibility index (Phi) is 5.55. The van der Waals surface area contributed by atoms with Gasteiger partial charge in [0.25, 0.3) is 0 Å². The van der Waals surface area contributed by atoms with Crippen LogP contribution in [-0.4, -0.2) is 47.0 Å². The highest BCUT2D eigenvalue weighted by atomic mass is 32.2. The number of nitrogens with one attached hydrogen (secondary N) is 1. The Morgan fingerprint density at radius 3 is 2.69 bits per heavy atom. The number of rotatable bonds is 6. The molecule has 4 nitrogen and oxygen atoms in total. The topological polar surface area (TPSA) is 41.1 Å². The zero-order valence-electron chi connectivity index (χ0n) is 10.4. The molecule has 90 valence electrons. The van der Waals surface area contributed by atoms with Crippen LogP contribution in [0.4, 0.5) is 5.82 Å². The van der Waals surface area contributed by atoms with E-state index in [1.165, 1.54) is 0 Å². The van der Waals surface area contributed by atoms with E-state index < -0.39 is 0 Å². The summed E-state index contributed by atoms with van der Waals surface area (Å²) in [5.74, 6) is 1.95. The van der Waals surface area contributed by atoms with Crippen molar-refractivity contribution >= 4 is 17.6 Å². The molecule has 1 aromatic heterocycles. The lowest BCUT2D eigenvalue weighted by molar-refractivity contribution is 0.266. The largest absolute Gasteiger partial charge is 0.372 e. The minimum Gasteiger partial charge on any atom is -0.372 e. The summed E-state index contributed by atoms with van der Waals surface area (Å²) in [7, 11) is 3.96. The van der Waals surface area contributed by atoms with E-state index in [1.807, 2.05) is 25.0 Å². The minimum atomic E-state index is 0.556. The summed E-state index contributed by atoms with van der Waals surface area (Å²) in [5.41, 5.74) is 1.01. The predicted octanol–water partition coefficient (Wildman–Crippen LogP) is 1.70. The molecule has 0 saturated carbocycles. The first-order valence-corrected chi connectivity index (χ1v) is 6.74. The van der Waals surface area contributed by atoms with Crippen molar-refractivity contribution in [3.63, 3.8) is 0 Å². The maximum Gasteiger partial charge on any atom is 0.144 e.